The van der Waals surface area contributed by atoms with Crippen molar-refractivity contribution in [2.24, 2.45) is 0 Å². The van der Waals surface area contributed by atoms with Gasteiger partial charge >= 0.3 is 15.2 Å². The van der Waals surface area contributed by atoms with E-state index in [0.717, 1.165) is 12.8 Å². The lowest BCUT2D eigenvalue weighted by Crippen LogP contribution is -2.13. The third-order valence-corrected chi connectivity index (χ3v) is 8.43. The van der Waals surface area contributed by atoms with Gasteiger partial charge in [0.2, 0.25) is 0 Å². The van der Waals surface area contributed by atoms with Crippen molar-refractivity contribution in [2.45, 2.75) is 64.2 Å². The number of hydrogen-bond acceptors (Lipinski definition) is 3. The zero-order valence-electron chi connectivity index (χ0n) is 15.0. The number of rotatable bonds is 8. The molecule has 1 rings (SSSR count). The summed E-state index contributed by atoms with van der Waals surface area (Å²) < 4.78 is 23.1. The number of hydrogen-bond donors (Lipinski definition) is 5. The molecule has 144 valence electrons. The van der Waals surface area contributed by atoms with Gasteiger partial charge < -0.3 is 24.7 Å². The smallest absolute Gasteiger partial charge is 0.341 e. The molecule has 0 aromatic heterocycles. The van der Waals surface area contributed by atoms with E-state index in [1.54, 1.807) is 12.1 Å². The summed E-state index contributed by atoms with van der Waals surface area (Å²) in [6.45, 7) is 7.74. The Balaban J connectivity index is 3.49. The van der Waals surface area contributed by atoms with Gasteiger partial charge in [0, 0.05) is 0 Å². The third-order valence-electron chi connectivity index (χ3n) is 4.71. The van der Waals surface area contributed by atoms with E-state index in [4.69, 9.17) is 0 Å². The van der Waals surface area contributed by atoms with Crippen molar-refractivity contribution in [3.05, 3.63) is 28.8 Å². The van der Waals surface area contributed by atoms with E-state index in [9.17, 15) is 33.8 Å². The summed E-state index contributed by atoms with van der Waals surface area (Å²) in [5, 5.41) is 8.48. The van der Waals surface area contributed by atoms with Crippen LogP contribution in [0.4, 0.5) is 0 Å². The standard InChI is InChI=1S/C16H28O7P2/c1-5-10(3)13-7-12(8-14(16(13)17)11(4)6-2)9-15(24(18,19)20)25(21,22)23/h7-8,10-11,15,17H,5-6,9H2,1-4H3,(H2,18,19,20)(H2,21,22,23). The molecule has 0 aliphatic heterocycles. The summed E-state index contributed by atoms with van der Waals surface area (Å²) in [7, 11) is -9.98. The van der Waals surface area contributed by atoms with Gasteiger partial charge in [0.05, 0.1) is 0 Å². The number of phenolic OH excluding ortho intramolecular Hbond substituents is 1. The van der Waals surface area contributed by atoms with Crippen molar-refractivity contribution in [3.63, 3.8) is 0 Å². The van der Waals surface area contributed by atoms with Crippen LogP contribution >= 0.6 is 15.2 Å². The molecule has 0 fully saturated rings. The van der Waals surface area contributed by atoms with Crippen LogP contribution in [-0.2, 0) is 15.6 Å². The topological polar surface area (TPSA) is 135 Å². The molecule has 5 N–H and O–H groups in total. The predicted molar refractivity (Wildman–Crippen MR) is 97.1 cm³/mol. The van der Waals surface area contributed by atoms with Gasteiger partial charge in [-0.05, 0) is 47.8 Å². The normalized spacial score (nSPS) is 15.4. The molecule has 25 heavy (non-hydrogen) atoms. The first-order valence-electron chi connectivity index (χ1n) is 8.28. The molecule has 0 heterocycles. The third kappa shape index (κ3) is 5.65. The average molecular weight is 394 g/mol. The Hall–Kier alpha value is -0.680. The van der Waals surface area contributed by atoms with Crippen molar-refractivity contribution in [1.29, 1.82) is 0 Å². The van der Waals surface area contributed by atoms with Crippen molar-refractivity contribution in [1.82, 2.24) is 0 Å². The molecule has 0 amide bonds. The van der Waals surface area contributed by atoms with Crippen molar-refractivity contribution in [3.8, 4) is 5.75 Å². The first-order chi connectivity index (χ1) is 11.3. The van der Waals surface area contributed by atoms with E-state index in [1.807, 2.05) is 27.7 Å². The highest BCUT2D eigenvalue weighted by Crippen LogP contribution is 2.61. The monoisotopic (exact) mass is 394 g/mol. The summed E-state index contributed by atoms with van der Waals surface area (Å²) in [6, 6.07) is 3.18. The van der Waals surface area contributed by atoms with Gasteiger partial charge in [0.25, 0.3) is 0 Å². The zero-order valence-corrected chi connectivity index (χ0v) is 16.7. The molecule has 9 heteroatoms. The molecule has 0 saturated carbocycles. The van der Waals surface area contributed by atoms with Crippen molar-refractivity contribution in [2.75, 3.05) is 0 Å². The van der Waals surface area contributed by atoms with Crippen LogP contribution in [0, 0.1) is 0 Å². The molecule has 1 aromatic rings. The summed E-state index contributed by atoms with van der Waals surface area (Å²) >= 11 is 0. The van der Waals surface area contributed by atoms with E-state index in [0.29, 0.717) is 16.7 Å². The second kappa shape index (κ2) is 8.34. The molecule has 0 aliphatic carbocycles. The molecule has 7 nitrogen and oxygen atoms in total. The molecule has 2 unspecified atom stereocenters. The van der Waals surface area contributed by atoms with Gasteiger partial charge in [0.15, 0.2) is 5.40 Å². The molecule has 2 atom stereocenters. The van der Waals surface area contributed by atoms with Crippen LogP contribution in [0.25, 0.3) is 0 Å². The van der Waals surface area contributed by atoms with E-state index < -0.39 is 27.0 Å². The predicted octanol–water partition coefficient (Wildman–Crippen LogP) is 3.64. The van der Waals surface area contributed by atoms with Crippen LogP contribution < -0.4 is 0 Å². The van der Waals surface area contributed by atoms with Crippen molar-refractivity contribution < 1.29 is 33.8 Å². The Morgan fingerprint density at radius 3 is 1.52 bits per heavy atom. The quantitative estimate of drug-likeness (QED) is 0.425. The molecular formula is C16H28O7P2. The van der Waals surface area contributed by atoms with Crippen LogP contribution in [0.1, 0.15) is 69.1 Å². The molecule has 1 aromatic carbocycles. The van der Waals surface area contributed by atoms with Gasteiger partial charge in [-0.25, -0.2) is 0 Å². The highest BCUT2D eigenvalue weighted by Gasteiger charge is 2.43. The first-order valence-corrected chi connectivity index (χ1v) is 11.6. The number of phenols is 1. The SMILES string of the molecule is CCC(C)c1cc(CC(P(=O)(O)O)P(=O)(O)O)cc(C(C)CC)c1O. The molecule has 0 spiro atoms. The van der Waals surface area contributed by atoms with Gasteiger partial charge in [-0.1, -0.05) is 39.8 Å². The van der Waals surface area contributed by atoms with E-state index >= 15 is 0 Å². The fraction of sp³-hybridized carbons (Fsp3) is 0.625. The lowest BCUT2D eigenvalue weighted by molar-refractivity contribution is 0.338. The Morgan fingerprint density at radius 2 is 1.24 bits per heavy atom. The molecule has 0 aliphatic rings. The van der Waals surface area contributed by atoms with Gasteiger partial charge in [0.1, 0.15) is 5.75 Å². The number of benzene rings is 1. The largest absolute Gasteiger partial charge is 0.507 e. The second-order valence-electron chi connectivity index (χ2n) is 6.60. The Bertz CT molecular complexity index is 639. The minimum atomic E-state index is -4.99. The van der Waals surface area contributed by atoms with Crippen LogP contribution in [0.2, 0.25) is 0 Å². The maximum absolute atomic E-state index is 11.6. The van der Waals surface area contributed by atoms with E-state index in [2.05, 4.69) is 0 Å². The summed E-state index contributed by atoms with van der Waals surface area (Å²) in [5.74, 6) is 0.161. The van der Waals surface area contributed by atoms with E-state index in [-0.39, 0.29) is 17.6 Å². The lowest BCUT2D eigenvalue weighted by atomic mass is 9.88. The van der Waals surface area contributed by atoms with Crippen molar-refractivity contribution >= 4 is 15.2 Å². The fourth-order valence-electron chi connectivity index (χ4n) is 2.70. The van der Waals surface area contributed by atoms with Crippen LogP contribution in [0.3, 0.4) is 0 Å². The minimum absolute atomic E-state index is 0.00585. The first kappa shape index (κ1) is 22.4. The highest BCUT2D eigenvalue weighted by molar-refractivity contribution is 7.70. The zero-order chi connectivity index (χ0) is 19.6. The minimum Gasteiger partial charge on any atom is -0.507 e. The van der Waals surface area contributed by atoms with Gasteiger partial charge in [-0.2, -0.15) is 0 Å². The van der Waals surface area contributed by atoms with Crippen LogP contribution in [0.5, 0.6) is 5.75 Å². The Kier molecular flexibility index (Phi) is 7.46. The summed E-state index contributed by atoms with van der Waals surface area (Å²) in [4.78, 5) is 37.4. The molecular weight excluding hydrogens is 366 g/mol. The molecule has 0 radical (unpaired) electrons. The van der Waals surface area contributed by atoms with Gasteiger partial charge in [-0.3, -0.25) is 9.13 Å². The highest BCUT2D eigenvalue weighted by atomic mass is 31.2. The Morgan fingerprint density at radius 1 is 0.880 bits per heavy atom. The van der Waals surface area contributed by atoms with Crippen LogP contribution in [0.15, 0.2) is 12.1 Å². The molecule has 0 bridgehead atoms. The molecule has 0 saturated heterocycles. The summed E-state index contributed by atoms with van der Waals surface area (Å²) in [5.41, 5.74) is 1.66. The average Bonchev–Trinajstić information content (AvgIpc) is 2.49. The van der Waals surface area contributed by atoms with E-state index in [1.165, 1.54) is 0 Å². The second-order valence-corrected chi connectivity index (χ2v) is 10.6. The maximum Gasteiger partial charge on any atom is 0.341 e. The Labute approximate surface area is 148 Å². The fourth-order valence-corrected chi connectivity index (χ4v) is 5.16. The van der Waals surface area contributed by atoms with Gasteiger partial charge in [-0.15, -0.1) is 0 Å². The lowest BCUT2D eigenvalue weighted by Gasteiger charge is -2.23. The summed E-state index contributed by atoms with van der Waals surface area (Å²) in [6.07, 6.45) is 1.04. The number of aromatic hydroxyl groups is 1. The van der Waals surface area contributed by atoms with Crippen LogP contribution in [-0.4, -0.2) is 30.1 Å². The maximum atomic E-state index is 11.6.